The third-order valence-electron chi connectivity index (χ3n) is 6.89. The molecule has 0 bridgehead atoms. The zero-order valence-electron chi connectivity index (χ0n) is 19.1. The summed E-state index contributed by atoms with van der Waals surface area (Å²) in [6.07, 6.45) is 4.82. The second-order valence-corrected chi connectivity index (χ2v) is 9.81. The number of carbonyl (C=O) groups is 2. The number of H-pyrrole nitrogens is 1. The number of ether oxygens (including phenoxy) is 1. The first-order valence-corrected chi connectivity index (χ1v) is 12.7. The molecule has 2 aromatic heterocycles. The highest BCUT2D eigenvalue weighted by molar-refractivity contribution is 9.10. The number of aryl methyl sites for hydroxylation is 1. The molecule has 2 aromatic carbocycles. The van der Waals surface area contributed by atoms with Gasteiger partial charge in [0.2, 0.25) is 0 Å². The minimum absolute atomic E-state index is 0.363. The quantitative estimate of drug-likeness (QED) is 0.365. The normalized spacial score (nSPS) is 17.2. The van der Waals surface area contributed by atoms with Gasteiger partial charge in [0.1, 0.15) is 0 Å². The molecule has 2 aliphatic heterocycles. The molecule has 1 fully saturated rings. The van der Waals surface area contributed by atoms with E-state index in [2.05, 4.69) is 41.8 Å². The van der Waals surface area contributed by atoms with Crippen LogP contribution < -0.4 is 5.32 Å². The molecule has 8 heteroatoms. The van der Waals surface area contributed by atoms with E-state index in [1.807, 2.05) is 48.8 Å². The van der Waals surface area contributed by atoms with Gasteiger partial charge in [-0.3, -0.25) is 19.8 Å². The smallest absolute Gasteiger partial charge is 0.259 e. The van der Waals surface area contributed by atoms with Crippen molar-refractivity contribution in [2.24, 2.45) is 0 Å². The van der Waals surface area contributed by atoms with Gasteiger partial charge in [-0.25, -0.2) is 0 Å². The largest absolute Gasteiger partial charge is 0.379 e. The Morgan fingerprint density at radius 3 is 2.51 bits per heavy atom. The summed E-state index contributed by atoms with van der Waals surface area (Å²) in [5.41, 5.74) is 4.29. The lowest BCUT2D eigenvalue weighted by atomic mass is 9.95. The fourth-order valence-electron chi connectivity index (χ4n) is 5.22. The molecular weight excluding hydrogens is 508 g/mol. The lowest BCUT2D eigenvalue weighted by Gasteiger charge is -2.26. The van der Waals surface area contributed by atoms with Gasteiger partial charge in [-0.1, -0.05) is 40.2 Å². The first-order chi connectivity index (χ1) is 17.1. The van der Waals surface area contributed by atoms with E-state index >= 15 is 0 Å². The average molecular weight is 533 g/mol. The van der Waals surface area contributed by atoms with Gasteiger partial charge in [0.15, 0.2) is 0 Å². The maximum Gasteiger partial charge on any atom is 0.259 e. The van der Waals surface area contributed by atoms with Crippen molar-refractivity contribution in [3.05, 3.63) is 70.5 Å². The van der Waals surface area contributed by atoms with Crippen LogP contribution in [-0.2, 0) is 20.9 Å². The van der Waals surface area contributed by atoms with E-state index in [-0.39, 0.29) is 11.8 Å². The number of hydrogen-bond donors (Lipinski definition) is 2. The lowest BCUT2D eigenvalue weighted by Crippen LogP contribution is -2.37. The number of para-hydroxylation sites is 1. The first-order valence-electron chi connectivity index (χ1n) is 11.9. The van der Waals surface area contributed by atoms with Crippen molar-refractivity contribution in [3.8, 4) is 0 Å². The van der Waals surface area contributed by atoms with E-state index < -0.39 is 0 Å². The fourth-order valence-corrected chi connectivity index (χ4v) is 5.79. The molecule has 0 saturated carbocycles. The minimum atomic E-state index is -0.366. The Kier molecular flexibility index (Phi) is 5.80. The first kappa shape index (κ1) is 22.3. The number of hydrogen-bond acceptors (Lipinski definition) is 4. The Morgan fingerprint density at radius 2 is 1.69 bits per heavy atom. The summed E-state index contributed by atoms with van der Waals surface area (Å²) in [7, 11) is 0. The lowest BCUT2D eigenvalue weighted by molar-refractivity contribution is -0.122. The van der Waals surface area contributed by atoms with E-state index in [1.54, 1.807) is 0 Å². The molecule has 0 spiro atoms. The van der Waals surface area contributed by atoms with Crippen molar-refractivity contribution in [2.75, 3.05) is 32.8 Å². The molecule has 2 amide bonds. The number of nitrogens with zero attached hydrogens (tertiary/aromatic N) is 2. The van der Waals surface area contributed by atoms with Crippen LogP contribution in [0.5, 0.6) is 0 Å². The summed E-state index contributed by atoms with van der Waals surface area (Å²) in [5.74, 6) is -0.728. The summed E-state index contributed by atoms with van der Waals surface area (Å²) < 4.78 is 8.56. The molecule has 7 nitrogen and oxygen atoms in total. The van der Waals surface area contributed by atoms with Gasteiger partial charge in [0.05, 0.1) is 24.4 Å². The van der Waals surface area contributed by atoms with E-state index in [0.29, 0.717) is 11.1 Å². The van der Waals surface area contributed by atoms with Crippen LogP contribution in [-0.4, -0.2) is 59.1 Å². The molecule has 2 aliphatic rings. The van der Waals surface area contributed by atoms with Crippen LogP contribution in [0.4, 0.5) is 0 Å². The number of halogens is 1. The number of fused-ring (bicyclic) bond motifs is 2. The van der Waals surface area contributed by atoms with Crippen molar-refractivity contribution < 1.29 is 14.3 Å². The van der Waals surface area contributed by atoms with Crippen molar-refractivity contribution >= 4 is 60.7 Å². The number of amides is 2. The maximum absolute atomic E-state index is 13.2. The number of rotatable bonds is 6. The van der Waals surface area contributed by atoms with Crippen molar-refractivity contribution in [3.63, 3.8) is 0 Å². The molecule has 0 aliphatic carbocycles. The molecule has 2 N–H and O–H groups in total. The van der Waals surface area contributed by atoms with Gasteiger partial charge in [-0.05, 0) is 24.6 Å². The number of aromatic nitrogens is 2. The second-order valence-electron chi connectivity index (χ2n) is 8.96. The van der Waals surface area contributed by atoms with Crippen LogP contribution in [0.2, 0.25) is 0 Å². The highest BCUT2D eigenvalue weighted by Gasteiger charge is 2.35. The van der Waals surface area contributed by atoms with E-state index in [9.17, 15) is 9.59 Å². The molecule has 6 rings (SSSR count). The summed E-state index contributed by atoms with van der Waals surface area (Å²) in [6, 6.07) is 13.9. The Bertz CT molecular complexity index is 1490. The third-order valence-corrected chi connectivity index (χ3v) is 7.55. The van der Waals surface area contributed by atoms with E-state index in [0.717, 1.165) is 83.2 Å². The predicted octanol–water partition coefficient (Wildman–Crippen LogP) is 4.17. The molecule has 0 unspecified atom stereocenters. The zero-order chi connectivity index (χ0) is 23.9. The zero-order valence-corrected chi connectivity index (χ0v) is 20.7. The Hall–Kier alpha value is -3.20. The number of imide groups is 1. The monoisotopic (exact) mass is 532 g/mol. The summed E-state index contributed by atoms with van der Waals surface area (Å²) in [5, 5.41) is 4.39. The summed E-state index contributed by atoms with van der Waals surface area (Å²) in [4.78, 5) is 31.9. The maximum atomic E-state index is 13.2. The van der Waals surface area contributed by atoms with Crippen LogP contribution in [0, 0.1) is 0 Å². The number of morpholine rings is 1. The van der Waals surface area contributed by atoms with E-state index in [4.69, 9.17) is 4.74 Å². The van der Waals surface area contributed by atoms with Crippen molar-refractivity contribution in [1.82, 2.24) is 19.8 Å². The SMILES string of the molecule is O=C1NC(=O)C(c2cn(CCCN3CCOCC3)c3cccc(Br)c23)=C1c1c[nH]c2ccccc12. The molecule has 178 valence electrons. The van der Waals surface area contributed by atoms with Crippen LogP contribution >= 0.6 is 15.9 Å². The molecule has 0 atom stereocenters. The summed E-state index contributed by atoms with van der Waals surface area (Å²) >= 11 is 3.70. The molecule has 1 saturated heterocycles. The number of aromatic amines is 1. The van der Waals surface area contributed by atoms with Crippen LogP contribution in [0.3, 0.4) is 0 Å². The fraction of sp³-hybridized carbons (Fsp3) is 0.259. The number of nitrogens with one attached hydrogen (secondary N) is 2. The highest BCUT2D eigenvalue weighted by Crippen LogP contribution is 2.40. The van der Waals surface area contributed by atoms with Gasteiger partial charge in [0.25, 0.3) is 11.8 Å². The topological polar surface area (TPSA) is 79.4 Å². The second kappa shape index (κ2) is 9.11. The van der Waals surface area contributed by atoms with Gasteiger partial charge in [-0.15, -0.1) is 0 Å². The highest BCUT2D eigenvalue weighted by atomic mass is 79.9. The number of benzene rings is 2. The van der Waals surface area contributed by atoms with Crippen LogP contribution in [0.15, 0.2) is 59.3 Å². The van der Waals surface area contributed by atoms with Crippen molar-refractivity contribution in [1.29, 1.82) is 0 Å². The van der Waals surface area contributed by atoms with E-state index in [1.165, 1.54) is 0 Å². The van der Waals surface area contributed by atoms with Gasteiger partial charge < -0.3 is 14.3 Å². The molecule has 0 radical (unpaired) electrons. The molecular formula is C27H25BrN4O3. The standard InChI is InChI=1S/C27H25BrN4O3/c28-20-6-3-8-22-23(20)19(16-32(22)10-4-9-31-11-13-35-14-12-31)25-24(26(33)30-27(25)34)18-15-29-21-7-2-1-5-17(18)21/h1-3,5-8,15-16,29H,4,9-14H2,(H,30,33,34). The number of carbonyl (C=O) groups excluding carboxylic acids is 2. The minimum Gasteiger partial charge on any atom is -0.379 e. The third kappa shape index (κ3) is 3.91. The van der Waals surface area contributed by atoms with Gasteiger partial charge in [-0.2, -0.15) is 0 Å². The van der Waals surface area contributed by atoms with Crippen LogP contribution in [0.25, 0.3) is 33.0 Å². The Balaban J connectivity index is 1.45. The Morgan fingerprint density at radius 1 is 0.914 bits per heavy atom. The molecule has 4 heterocycles. The average Bonchev–Trinajstić information content (AvgIpc) is 3.53. The predicted molar refractivity (Wildman–Crippen MR) is 140 cm³/mol. The Labute approximate surface area is 210 Å². The molecule has 4 aromatic rings. The van der Waals surface area contributed by atoms with Crippen LogP contribution in [0.1, 0.15) is 17.5 Å². The molecule has 35 heavy (non-hydrogen) atoms. The summed E-state index contributed by atoms with van der Waals surface area (Å²) in [6.45, 7) is 5.32. The van der Waals surface area contributed by atoms with Crippen molar-refractivity contribution in [2.45, 2.75) is 13.0 Å². The van der Waals surface area contributed by atoms with Gasteiger partial charge in [0, 0.05) is 76.0 Å². The van der Waals surface area contributed by atoms with Gasteiger partial charge >= 0.3 is 0 Å².